The normalized spacial score (nSPS) is 34.5. The topological polar surface area (TPSA) is 125 Å². The molecule has 4 N–H and O–H groups in total. The number of imidazole rings is 1. The van der Waals surface area contributed by atoms with Crippen molar-refractivity contribution in [2.24, 2.45) is 0 Å². The lowest BCUT2D eigenvalue weighted by Gasteiger charge is -2.12. The fraction of sp³-hybridized carbons (Fsp3) is 0.643. The predicted molar refractivity (Wildman–Crippen MR) is 75.3 cm³/mol. The molecule has 2 fully saturated rings. The van der Waals surface area contributed by atoms with Gasteiger partial charge in [0, 0.05) is 12.5 Å². The van der Waals surface area contributed by atoms with Crippen molar-refractivity contribution in [1.29, 1.82) is 0 Å². The van der Waals surface area contributed by atoms with Crippen LogP contribution in [0.1, 0.15) is 24.3 Å². The summed E-state index contributed by atoms with van der Waals surface area (Å²) in [7, 11) is 0. The maximum atomic E-state index is 10.2. The van der Waals surface area contributed by atoms with Crippen molar-refractivity contribution in [1.82, 2.24) is 15.0 Å². The fourth-order valence-electron chi connectivity index (χ4n) is 3.28. The minimum absolute atomic E-state index is 0.206. The van der Waals surface area contributed by atoms with Crippen LogP contribution in [0.5, 0.6) is 0 Å². The molecule has 124 valence electrons. The molecular formula is C14H19N4O5+. The molecule has 9 nitrogen and oxygen atoms in total. The second-order valence-electron chi connectivity index (χ2n) is 5.93. The fourth-order valence-corrected chi connectivity index (χ4v) is 3.28. The molecule has 1 unspecified atom stereocenters. The molecule has 0 aromatic carbocycles. The van der Waals surface area contributed by atoms with Crippen LogP contribution < -0.4 is 4.57 Å². The van der Waals surface area contributed by atoms with Gasteiger partial charge in [-0.05, 0) is 6.42 Å². The summed E-state index contributed by atoms with van der Waals surface area (Å²) in [6.07, 6.45) is 0.0754. The van der Waals surface area contributed by atoms with Crippen molar-refractivity contribution in [3.05, 3.63) is 18.3 Å². The Morgan fingerprint density at radius 2 is 2.17 bits per heavy atom. The Balaban J connectivity index is 1.73. The third-order valence-electron chi connectivity index (χ3n) is 4.56. The van der Waals surface area contributed by atoms with E-state index in [0.29, 0.717) is 18.9 Å². The van der Waals surface area contributed by atoms with Crippen molar-refractivity contribution in [2.45, 2.75) is 36.9 Å². The van der Waals surface area contributed by atoms with Crippen LogP contribution in [0.25, 0.3) is 11.2 Å². The van der Waals surface area contributed by atoms with Gasteiger partial charge in [-0.15, -0.1) is 0 Å². The van der Waals surface area contributed by atoms with Gasteiger partial charge in [-0.3, -0.25) is 4.98 Å². The molecule has 2 aliphatic heterocycles. The van der Waals surface area contributed by atoms with Crippen molar-refractivity contribution >= 4 is 11.2 Å². The molecule has 2 saturated heterocycles. The molecule has 23 heavy (non-hydrogen) atoms. The number of hydrogen-bond donors (Lipinski definition) is 4. The third-order valence-corrected chi connectivity index (χ3v) is 4.56. The lowest BCUT2D eigenvalue weighted by atomic mass is 10.0. The van der Waals surface area contributed by atoms with Gasteiger partial charge in [0.1, 0.15) is 18.3 Å². The van der Waals surface area contributed by atoms with Crippen molar-refractivity contribution in [3.63, 3.8) is 0 Å². The average Bonchev–Trinajstić information content (AvgIpc) is 3.28. The average molecular weight is 323 g/mol. The minimum atomic E-state index is -1.15. The van der Waals surface area contributed by atoms with Gasteiger partial charge in [-0.25, -0.2) is 9.55 Å². The van der Waals surface area contributed by atoms with Crippen LogP contribution in [0.3, 0.4) is 0 Å². The molecule has 2 aromatic heterocycles. The van der Waals surface area contributed by atoms with E-state index in [-0.39, 0.29) is 12.5 Å². The van der Waals surface area contributed by atoms with Crippen LogP contribution >= 0.6 is 0 Å². The van der Waals surface area contributed by atoms with Crippen molar-refractivity contribution in [3.8, 4) is 0 Å². The molecular weight excluding hydrogens is 304 g/mol. The van der Waals surface area contributed by atoms with Gasteiger partial charge in [0.2, 0.25) is 6.23 Å². The molecule has 2 aliphatic rings. The van der Waals surface area contributed by atoms with E-state index >= 15 is 0 Å². The van der Waals surface area contributed by atoms with Gasteiger partial charge in [-0.1, -0.05) is 4.98 Å². The van der Waals surface area contributed by atoms with Crippen LogP contribution in [0.15, 0.2) is 12.7 Å². The number of ether oxygens (including phenoxy) is 2. The molecule has 0 bridgehead atoms. The highest BCUT2D eigenvalue weighted by Crippen LogP contribution is 2.29. The number of rotatable bonds is 3. The summed E-state index contributed by atoms with van der Waals surface area (Å²) in [5, 5.41) is 29.3. The van der Waals surface area contributed by atoms with E-state index in [1.807, 2.05) is 0 Å². The molecule has 2 aromatic rings. The minimum Gasteiger partial charge on any atom is -0.394 e. The Kier molecular flexibility index (Phi) is 3.74. The summed E-state index contributed by atoms with van der Waals surface area (Å²) in [6.45, 7) is 0.974. The van der Waals surface area contributed by atoms with Gasteiger partial charge >= 0.3 is 5.65 Å². The highest BCUT2D eigenvalue weighted by molar-refractivity contribution is 5.69. The zero-order chi connectivity index (χ0) is 16.0. The van der Waals surface area contributed by atoms with E-state index in [9.17, 15) is 15.3 Å². The Morgan fingerprint density at radius 3 is 2.87 bits per heavy atom. The quantitative estimate of drug-likeness (QED) is 0.499. The number of H-pyrrole nitrogens is 1. The van der Waals surface area contributed by atoms with E-state index in [1.165, 1.54) is 6.33 Å². The largest absolute Gasteiger partial charge is 0.394 e. The molecule has 5 atom stereocenters. The lowest BCUT2D eigenvalue weighted by Crippen LogP contribution is -2.45. The highest BCUT2D eigenvalue weighted by atomic mass is 16.6. The summed E-state index contributed by atoms with van der Waals surface area (Å²) in [5.74, 6) is 0.206. The molecule has 0 saturated carbocycles. The van der Waals surface area contributed by atoms with Crippen LogP contribution in [-0.2, 0) is 9.47 Å². The first-order valence-electron chi connectivity index (χ1n) is 7.64. The summed E-state index contributed by atoms with van der Waals surface area (Å²) >= 11 is 0. The van der Waals surface area contributed by atoms with Gasteiger partial charge in [0.25, 0.3) is 0 Å². The molecule has 4 rings (SSSR count). The number of aliphatic hydroxyl groups excluding tert-OH is 3. The van der Waals surface area contributed by atoms with E-state index < -0.39 is 24.5 Å². The Bertz CT molecular complexity index is 702. The van der Waals surface area contributed by atoms with E-state index in [2.05, 4.69) is 15.0 Å². The van der Waals surface area contributed by atoms with Crippen molar-refractivity contribution in [2.75, 3.05) is 19.8 Å². The van der Waals surface area contributed by atoms with Gasteiger partial charge in [-0.2, -0.15) is 0 Å². The number of fused-ring (bicyclic) bond motifs is 1. The Labute approximate surface area is 131 Å². The van der Waals surface area contributed by atoms with E-state index in [1.54, 1.807) is 10.9 Å². The number of aromatic amines is 1. The monoisotopic (exact) mass is 323 g/mol. The van der Waals surface area contributed by atoms with Gasteiger partial charge in [0.05, 0.1) is 18.9 Å². The SMILES string of the molecule is OC[C@H]1O[C@@H]([n+]2c[nH]c3c(C4CCOC4)ncnc32)[C@@H](O)[C@H]1O. The van der Waals surface area contributed by atoms with Gasteiger partial charge < -0.3 is 24.8 Å². The number of aromatic nitrogens is 4. The summed E-state index contributed by atoms with van der Waals surface area (Å²) < 4.78 is 12.6. The number of nitrogens with zero attached hydrogens (tertiary/aromatic N) is 3. The number of aliphatic hydroxyl groups is 3. The molecule has 0 spiro atoms. The summed E-state index contributed by atoms with van der Waals surface area (Å²) in [6, 6.07) is 0. The first kappa shape index (κ1) is 14.9. The first-order valence-corrected chi connectivity index (χ1v) is 7.64. The smallest absolute Gasteiger partial charge is 0.307 e. The highest BCUT2D eigenvalue weighted by Gasteiger charge is 2.46. The molecule has 9 heteroatoms. The van der Waals surface area contributed by atoms with Gasteiger partial charge in [0.15, 0.2) is 18.2 Å². The zero-order valence-electron chi connectivity index (χ0n) is 12.4. The second-order valence-corrected chi connectivity index (χ2v) is 5.93. The van der Waals surface area contributed by atoms with E-state index in [0.717, 1.165) is 17.6 Å². The number of hydrogen-bond acceptors (Lipinski definition) is 7. The van der Waals surface area contributed by atoms with E-state index in [4.69, 9.17) is 9.47 Å². The number of nitrogens with one attached hydrogen (secondary N) is 1. The van der Waals surface area contributed by atoms with Crippen LogP contribution in [0.4, 0.5) is 0 Å². The molecule has 0 radical (unpaired) electrons. The molecule has 0 amide bonds. The molecule has 0 aliphatic carbocycles. The molecule has 4 heterocycles. The standard InChI is InChI=1S/C14H18N4O5/c19-3-8-11(20)12(21)14(23-8)18-6-17-10-9(7-1-2-22-4-7)15-5-16-13(10)18/h5-8,11-12,14,19-21H,1-4H2/p+1/t7?,8-,11+,12+,14-/m1/s1. The lowest BCUT2D eigenvalue weighted by molar-refractivity contribution is -0.745. The maximum absolute atomic E-state index is 10.2. The van der Waals surface area contributed by atoms with Crippen molar-refractivity contribution < 1.29 is 29.4 Å². The second kappa shape index (κ2) is 5.77. The maximum Gasteiger partial charge on any atom is 0.307 e. The zero-order valence-corrected chi connectivity index (χ0v) is 12.4. The Hall–Kier alpha value is -1.65. The summed E-state index contributed by atoms with van der Waals surface area (Å²) in [4.78, 5) is 11.8. The third kappa shape index (κ3) is 2.32. The Morgan fingerprint density at radius 1 is 1.30 bits per heavy atom. The van der Waals surface area contributed by atoms with Crippen LogP contribution in [0.2, 0.25) is 0 Å². The predicted octanol–water partition coefficient (Wildman–Crippen LogP) is -1.64. The van der Waals surface area contributed by atoms with Crippen LogP contribution in [0, 0.1) is 0 Å². The first-order chi connectivity index (χ1) is 11.2. The van der Waals surface area contributed by atoms with Crippen LogP contribution in [-0.4, -0.2) is 68.4 Å². The summed E-state index contributed by atoms with van der Waals surface area (Å²) in [5.41, 5.74) is 2.22.